The Morgan fingerprint density at radius 3 is 2.37 bits per heavy atom. The Kier molecular flexibility index (Phi) is 16.9. The summed E-state index contributed by atoms with van der Waals surface area (Å²) in [6.07, 6.45) is -1.42. The summed E-state index contributed by atoms with van der Waals surface area (Å²) in [5, 5.41) is 11.6. The Hall–Kier alpha value is -3.57. The summed E-state index contributed by atoms with van der Waals surface area (Å²) in [5.41, 5.74) is 7.45. The third-order valence-electron chi connectivity index (χ3n) is 5.50. The number of amides is 2. The second kappa shape index (κ2) is 19.5. The summed E-state index contributed by atoms with van der Waals surface area (Å²) in [4.78, 5) is 24.2. The Morgan fingerprint density at radius 1 is 1.02 bits per heavy atom. The number of alkyl halides is 3. The molecule has 0 bridgehead atoms. The van der Waals surface area contributed by atoms with Gasteiger partial charge in [-0.1, -0.05) is 68.8 Å². The van der Waals surface area contributed by atoms with E-state index in [0.717, 1.165) is 36.3 Å². The third-order valence-corrected chi connectivity index (χ3v) is 5.50. The van der Waals surface area contributed by atoms with Gasteiger partial charge >= 0.3 is 6.18 Å². The second-order valence-corrected chi connectivity index (χ2v) is 9.41. The average Bonchev–Trinajstić information content (AvgIpc) is 2.93. The molecule has 1 aliphatic heterocycles. The lowest BCUT2D eigenvalue weighted by Crippen LogP contribution is -2.52. The zero-order valence-corrected chi connectivity index (χ0v) is 24.2. The maximum atomic E-state index is 12.2. The Labute approximate surface area is 241 Å². The van der Waals surface area contributed by atoms with Gasteiger partial charge in [0.1, 0.15) is 18.4 Å². The van der Waals surface area contributed by atoms with E-state index in [1.54, 1.807) is 13.0 Å². The molecule has 41 heavy (non-hydrogen) atoms. The number of carbonyl (C=O) groups excluding carboxylic acids is 2. The Balaban J connectivity index is 0.000000496. The molecule has 11 heteroatoms. The van der Waals surface area contributed by atoms with Crippen LogP contribution in [0.3, 0.4) is 0 Å². The van der Waals surface area contributed by atoms with E-state index in [1.165, 1.54) is 12.5 Å². The molecule has 3 rings (SSSR count). The molecule has 1 aliphatic rings. The molecular formula is C30H44F3N5O3. The zero-order valence-electron chi connectivity index (χ0n) is 24.2. The average molecular weight is 580 g/mol. The van der Waals surface area contributed by atoms with Gasteiger partial charge in [-0.3, -0.25) is 9.59 Å². The summed E-state index contributed by atoms with van der Waals surface area (Å²) in [6.45, 7) is 12.0. The van der Waals surface area contributed by atoms with Gasteiger partial charge in [-0.05, 0) is 37.5 Å². The highest BCUT2D eigenvalue weighted by Gasteiger charge is 2.29. The Bertz CT molecular complexity index is 1080. The van der Waals surface area contributed by atoms with E-state index in [-0.39, 0.29) is 24.9 Å². The number of hydrogen-bond donors (Lipinski definition) is 5. The molecule has 1 atom stereocenters. The van der Waals surface area contributed by atoms with Crippen molar-refractivity contribution < 1.29 is 27.5 Å². The highest BCUT2D eigenvalue weighted by Crippen LogP contribution is 2.29. The Morgan fingerprint density at radius 2 is 1.73 bits per heavy atom. The minimum absolute atomic E-state index is 0.0359. The van der Waals surface area contributed by atoms with E-state index in [9.17, 15) is 22.8 Å². The topological polar surface area (TPSA) is 118 Å². The second-order valence-electron chi connectivity index (χ2n) is 9.41. The first-order valence-electron chi connectivity index (χ1n) is 13.8. The molecule has 0 aromatic heterocycles. The first-order valence-corrected chi connectivity index (χ1v) is 13.8. The minimum Gasteiger partial charge on any atom is -0.492 e. The van der Waals surface area contributed by atoms with Gasteiger partial charge in [0.15, 0.2) is 0 Å². The van der Waals surface area contributed by atoms with Crippen LogP contribution < -0.4 is 31.7 Å². The number of hydrogen-bond acceptors (Lipinski definition) is 6. The van der Waals surface area contributed by atoms with Crippen LogP contribution in [-0.4, -0.2) is 57.2 Å². The first-order chi connectivity index (χ1) is 19.5. The molecule has 6 N–H and O–H groups in total. The molecule has 1 unspecified atom stereocenters. The molecule has 2 amide bonds. The number of nitrogens with two attached hydrogens (primary N) is 1. The highest BCUT2D eigenvalue weighted by atomic mass is 19.4. The summed E-state index contributed by atoms with van der Waals surface area (Å²) in [7, 11) is 0. The lowest BCUT2D eigenvalue weighted by molar-refractivity contribution is -0.137. The highest BCUT2D eigenvalue weighted by molar-refractivity contribution is 5.88. The molecule has 0 fully saturated rings. The van der Waals surface area contributed by atoms with Crippen molar-refractivity contribution in [3.63, 3.8) is 0 Å². The number of benzene rings is 2. The molecule has 2 aromatic rings. The van der Waals surface area contributed by atoms with Crippen molar-refractivity contribution in [1.29, 1.82) is 0 Å². The standard InChI is InChI=1S/C19H29N5O3.C8H7F3.C3H8/c1-14-12-21-9-10-27-17-7-3-2-5-15(17)6-4-8-22-19(26)16(11-20)24-18(25)13-23-14;1-6-3-2-4-7(5-6)8(9,10)11;1-3-2/h2-3,5,7,16,21,23H,1,4,6,8-13,20H2,(H,22,26)(H,24,25);2-5H,1H3;3H2,1-2H3. The monoisotopic (exact) mass is 579 g/mol. The quantitative estimate of drug-likeness (QED) is 0.352. The summed E-state index contributed by atoms with van der Waals surface area (Å²) >= 11 is 0. The molecule has 0 spiro atoms. The van der Waals surface area contributed by atoms with Gasteiger partial charge < -0.3 is 31.7 Å². The van der Waals surface area contributed by atoms with Gasteiger partial charge in [0.2, 0.25) is 11.8 Å². The van der Waals surface area contributed by atoms with Crippen molar-refractivity contribution in [3.05, 3.63) is 77.5 Å². The molecule has 228 valence electrons. The summed E-state index contributed by atoms with van der Waals surface area (Å²) < 4.78 is 41.8. The molecule has 2 aromatic carbocycles. The van der Waals surface area contributed by atoms with Gasteiger partial charge in [-0.25, -0.2) is 0 Å². The van der Waals surface area contributed by atoms with Crippen molar-refractivity contribution in [2.24, 2.45) is 5.73 Å². The van der Waals surface area contributed by atoms with Crippen LogP contribution >= 0.6 is 0 Å². The van der Waals surface area contributed by atoms with Crippen molar-refractivity contribution >= 4 is 11.8 Å². The van der Waals surface area contributed by atoms with Crippen LogP contribution in [0.4, 0.5) is 13.2 Å². The van der Waals surface area contributed by atoms with Crippen molar-refractivity contribution in [3.8, 4) is 5.75 Å². The number of ether oxygens (including phenoxy) is 1. The van der Waals surface area contributed by atoms with Crippen LogP contribution in [0.1, 0.15) is 43.4 Å². The molecule has 0 radical (unpaired) electrons. The number of rotatable bonds is 1. The molecule has 0 saturated heterocycles. The molecular weight excluding hydrogens is 535 g/mol. The first kappa shape index (κ1) is 35.5. The van der Waals surface area contributed by atoms with E-state index in [2.05, 4.69) is 41.7 Å². The van der Waals surface area contributed by atoms with E-state index in [4.69, 9.17) is 10.5 Å². The SMILES string of the molecule is C=C1CNCCOc2ccccc2CCCNC(=O)C(CN)NC(=O)CN1.CCC.Cc1cccc(C(F)(F)F)c1. The van der Waals surface area contributed by atoms with E-state index >= 15 is 0 Å². The van der Waals surface area contributed by atoms with Gasteiger partial charge in [0.05, 0.1) is 12.1 Å². The number of halogens is 3. The number of fused-ring (bicyclic) bond motifs is 1. The normalized spacial score (nSPS) is 17.2. The van der Waals surface area contributed by atoms with Gasteiger partial charge in [0, 0.05) is 31.9 Å². The fourth-order valence-electron chi connectivity index (χ4n) is 3.50. The smallest absolute Gasteiger partial charge is 0.416 e. The van der Waals surface area contributed by atoms with Crippen LogP contribution in [-0.2, 0) is 22.2 Å². The van der Waals surface area contributed by atoms with Gasteiger partial charge in [-0.2, -0.15) is 13.2 Å². The lowest BCUT2D eigenvalue weighted by Gasteiger charge is -2.18. The third kappa shape index (κ3) is 15.1. The van der Waals surface area contributed by atoms with Crippen molar-refractivity contribution in [1.82, 2.24) is 21.3 Å². The van der Waals surface area contributed by atoms with Gasteiger partial charge in [0.25, 0.3) is 0 Å². The number of nitrogens with one attached hydrogen (secondary N) is 4. The zero-order chi connectivity index (χ0) is 30.7. The number of para-hydroxylation sites is 1. The van der Waals surface area contributed by atoms with Gasteiger partial charge in [-0.15, -0.1) is 0 Å². The molecule has 1 heterocycles. The van der Waals surface area contributed by atoms with Crippen LogP contribution in [0.2, 0.25) is 0 Å². The molecule has 8 nitrogen and oxygen atoms in total. The fourth-order valence-corrected chi connectivity index (χ4v) is 3.50. The van der Waals surface area contributed by atoms with E-state index in [1.807, 2.05) is 24.3 Å². The maximum Gasteiger partial charge on any atom is 0.416 e. The van der Waals surface area contributed by atoms with Crippen LogP contribution in [0, 0.1) is 6.92 Å². The largest absolute Gasteiger partial charge is 0.492 e. The van der Waals surface area contributed by atoms with E-state index < -0.39 is 17.8 Å². The fraction of sp³-hybridized carbons (Fsp3) is 0.467. The molecule has 0 saturated carbocycles. The number of carbonyl (C=O) groups is 2. The predicted octanol–water partition coefficient (Wildman–Crippen LogP) is 3.69. The van der Waals surface area contributed by atoms with Crippen LogP contribution in [0.25, 0.3) is 0 Å². The molecule has 0 aliphatic carbocycles. The van der Waals surface area contributed by atoms with Crippen LogP contribution in [0.15, 0.2) is 60.8 Å². The maximum absolute atomic E-state index is 12.2. The van der Waals surface area contributed by atoms with Crippen molar-refractivity contribution in [2.45, 2.75) is 52.3 Å². The minimum atomic E-state index is -4.22. The van der Waals surface area contributed by atoms with Crippen LogP contribution in [0.5, 0.6) is 5.75 Å². The summed E-state index contributed by atoms with van der Waals surface area (Å²) in [5.74, 6) is 0.271. The lowest BCUT2D eigenvalue weighted by atomic mass is 10.1. The predicted molar refractivity (Wildman–Crippen MR) is 156 cm³/mol. The van der Waals surface area contributed by atoms with Crippen molar-refractivity contribution in [2.75, 3.05) is 39.3 Å². The summed E-state index contributed by atoms with van der Waals surface area (Å²) in [6, 6.07) is 12.4. The van der Waals surface area contributed by atoms with E-state index in [0.29, 0.717) is 37.5 Å². The number of aryl methyl sites for hydroxylation is 2.